The fourth-order valence-corrected chi connectivity index (χ4v) is 4.21. The van der Waals surface area contributed by atoms with Gasteiger partial charge in [0.1, 0.15) is 17.3 Å². The lowest BCUT2D eigenvalue weighted by Gasteiger charge is -2.29. The SMILES string of the molecule is COc1cc(C(=O)NC2CCN(C)CC2)ccc1Nc1ncc(C(C)=O)c(Nc2csnc2F)n1. The molecule has 0 saturated carbocycles. The number of halogens is 1. The van der Waals surface area contributed by atoms with E-state index in [1.165, 1.54) is 25.6 Å². The average Bonchev–Trinajstić information content (AvgIpc) is 3.24. The van der Waals surface area contributed by atoms with Crippen molar-refractivity contribution in [3.05, 3.63) is 46.9 Å². The van der Waals surface area contributed by atoms with Crippen LogP contribution in [0, 0.1) is 5.95 Å². The maximum atomic E-state index is 13.8. The van der Waals surface area contributed by atoms with Gasteiger partial charge in [0.2, 0.25) is 11.9 Å². The smallest absolute Gasteiger partial charge is 0.251 e. The minimum Gasteiger partial charge on any atom is -0.495 e. The maximum absolute atomic E-state index is 13.8. The summed E-state index contributed by atoms with van der Waals surface area (Å²) in [5, 5.41) is 10.4. The minimum absolute atomic E-state index is 0.111. The van der Waals surface area contributed by atoms with Crippen LogP contribution in [0.1, 0.15) is 40.5 Å². The van der Waals surface area contributed by atoms with E-state index in [0.29, 0.717) is 17.0 Å². The molecule has 1 aliphatic heterocycles. The number of nitrogens with zero attached hydrogens (tertiary/aromatic N) is 4. The second kappa shape index (κ2) is 10.7. The van der Waals surface area contributed by atoms with Crippen molar-refractivity contribution in [3.8, 4) is 5.75 Å². The van der Waals surface area contributed by atoms with Gasteiger partial charge in [0.15, 0.2) is 5.78 Å². The highest BCUT2D eigenvalue weighted by atomic mass is 32.1. The van der Waals surface area contributed by atoms with E-state index in [1.807, 2.05) is 0 Å². The molecule has 2 aromatic heterocycles. The summed E-state index contributed by atoms with van der Waals surface area (Å²) >= 11 is 0.943. The number of likely N-dealkylation sites (tertiary alicyclic amines) is 1. The number of hydrogen-bond acceptors (Lipinski definition) is 10. The Balaban J connectivity index is 1.52. The van der Waals surface area contributed by atoms with Crippen LogP contribution in [0.3, 0.4) is 0 Å². The summed E-state index contributed by atoms with van der Waals surface area (Å²) < 4.78 is 22.9. The number of benzene rings is 1. The van der Waals surface area contributed by atoms with Gasteiger partial charge in [-0.25, -0.2) is 4.98 Å². The van der Waals surface area contributed by atoms with Gasteiger partial charge >= 0.3 is 0 Å². The van der Waals surface area contributed by atoms with Crippen molar-refractivity contribution in [3.63, 3.8) is 0 Å². The number of nitrogens with one attached hydrogen (secondary N) is 3. The second-order valence-corrected chi connectivity index (χ2v) is 8.88. The molecule has 0 radical (unpaired) electrons. The number of hydrogen-bond donors (Lipinski definition) is 3. The van der Waals surface area contributed by atoms with Crippen molar-refractivity contribution in [1.29, 1.82) is 0 Å². The van der Waals surface area contributed by atoms with Gasteiger partial charge in [-0.3, -0.25) is 9.59 Å². The Morgan fingerprint density at radius 1 is 1.20 bits per heavy atom. The minimum atomic E-state index is -0.687. The Morgan fingerprint density at radius 3 is 2.63 bits per heavy atom. The van der Waals surface area contributed by atoms with E-state index in [2.05, 4.69) is 42.2 Å². The summed E-state index contributed by atoms with van der Waals surface area (Å²) in [6, 6.07) is 5.16. The largest absolute Gasteiger partial charge is 0.495 e. The summed E-state index contributed by atoms with van der Waals surface area (Å²) in [6.07, 6.45) is 3.18. The zero-order valence-corrected chi connectivity index (χ0v) is 20.4. The number of carbonyl (C=O) groups excluding carboxylic acids is 2. The zero-order valence-electron chi connectivity index (χ0n) is 19.6. The molecule has 1 amide bonds. The Kier molecular flexibility index (Phi) is 7.51. The summed E-state index contributed by atoms with van der Waals surface area (Å²) in [6.45, 7) is 3.27. The molecule has 0 spiro atoms. The third-order valence-corrected chi connectivity index (χ3v) is 6.32. The molecule has 10 nitrogen and oxygen atoms in total. The van der Waals surface area contributed by atoms with Gasteiger partial charge in [0.25, 0.3) is 5.91 Å². The highest BCUT2D eigenvalue weighted by Crippen LogP contribution is 2.29. The Hall–Kier alpha value is -3.64. The van der Waals surface area contributed by atoms with Crippen LogP contribution in [-0.2, 0) is 0 Å². The quantitative estimate of drug-likeness (QED) is 0.399. The van der Waals surface area contributed by atoms with Gasteiger partial charge in [0, 0.05) is 23.2 Å². The first-order chi connectivity index (χ1) is 16.8. The number of anilines is 4. The molecule has 1 aromatic carbocycles. The molecule has 0 atom stereocenters. The molecule has 4 rings (SSSR count). The lowest BCUT2D eigenvalue weighted by molar-refractivity contribution is 0.0916. The molecule has 3 N–H and O–H groups in total. The van der Waals surface area contributed by atoms with Gasteiger partial charge in [-0.1, -0.05) is 0 Å². The van der Waals surface area contributed by atoms with Gasteiger partial charge in [-0.2, -0.15) is 13.7 Å². The second-order valence-electron chi connectivity index (χ2n) is 8.25. The Bertz CT molecular complexity index is 1230. The van der Waals surface area contributed by atoms with Crippen LogP contribution in [0.25, 0.3) is 0 Å². The summed E-state index contributed by atoms with van der Waals surface area (Å²) in [7, 11) is 3.57. The molecule has 0 unspecified atom stereocenters. The van der Waals surface area contributed by atoms with Crippen molar-refractivity contribution in [1.82, 2.24) is 24.6 Å². The molecule has 35 heavy (non-hydrogen) atoms. The van der Waals surface area contributed by atoms with Crippen molar-refractivity contribution in [2.45, 2.75) is 25.8 Å². The Labute approximate surface area is 206 Å². The van der Waals surface area contributed by atoms with Crippen LogP contribution in [0.4, 0.5) is 27.5 Å². The fourth-order valence-electron chi connectivity index (χ4n) is 3.70. The van der Waals surface area contributed by atoms with Gasteiger partial charge < -0.3 is 25.6 Å². The number of Topliss-reactive ketones (excluding diaryl/α,β-unsaturated/α-hetero) is 1. The predicted octanol–water partition coefficient (Wildman–Crippen LogP) is 3.59. The third-order valence-electron chi connectivity index (χ3n) is 5.71. The van der Waals surface area contributed by atoms with Crippen LogP contribution in [0.2, 0.25) is 0 Å². The van der Waals surface area contributed by atoms with E-state index in [0.717, 1.165) is 37.5 Å². The first kappa shape index (κ1) is 24.5. The van der Waals surface area contributed by atoms with E-state index >= 15 is 0 Å². The van der Waals surface area contributed by atoms with E-state index in [1.54, 1.807) is 18.2 Å². The lowest BCUT2D eigenvalue weighted by Crippen LogP contribution is -2.43. The summed E-state index contributed by atoms with van der Waals surface area (Å²) in [5.74, 6) is -0.411. The van der Waals surface area contributed by atoms with E-state index < -0.39 is 5.95 Å². The summed E-state index contributed by atoms with van der Waals surface area (Å²) in [5.41, 5.74) is 1.31. The van der Waals surface area contributed by atoms with Gasteiger partial charge in [-0.05, 0) is 69.6 Å². The topological polar surface area (TPSA) is 121 Å². The molecule has 1 fully saturated rings. The molecule has 0 aliphatic carbocycles. The number of rotatable bonds is 8. The van der Waals surface area contributed by atoms with Crippen molar-refractivity contribution >= 4 is 46.4 Å². The molecule has 184 valence electrons. The molecule has 1 saturated heterocycles. The van der Waals surface area contributed by atoms with Gasteiger partial charge in [-0.15, -0.1) is 0 Å². The zero-order chi connectivity index (χ0) is 24.9. The molecule has 3 heterocycles. The molecular weight excluding hydrogens is 473 g/mol. The summed E-state index contributed by atoms with van der Waals surface area (Å²) in [4.78, 5) is 35.5. The van der Waals surface area contributed by atoms with Crippen LogP contribution in [0.5, 0.6) is 5.75 Å². The normalized spacial score (nSPS) is 14.4. The van der Waals surface area contributed by atoms with Crippen LogP contribution in [-0.4, -0.2) is 64.2 Å². The maximum Gasteiger partial charge on any atom is 0.251 e. The molecule has 0 bridgehead atoms. The first-order valence-corrected chi connectivity index (χ1v) is 11.9. The highest BCUT2D eigenvalue weighted by molar-refractivity contribution is 7.04. The van der Waals surface area contributed by atoms with Crippen molar-refractivity contribution < 1.29 is 18.7 Å². The number of piperidine rings is 1. The van der Waals surface area contributed by atoms with Crippen LogP contribution < -0.4 is 20.7 Å². The monoisotopic (exact) mass is 499 g/mol. The molecule has 3 aromatic rings. The molecular formula is C23H26FN7O3S. The first-order valence-electron chi connectivity index (χ1n) is 11.0. The lowest BCUT2D eigenvalue weighted by atomic mass is 10.0. The van der Waals surface area contributed by atoms with E-state index in [9.17, 15) is 14.0 Å². The third kappa shape index (κ3) is 5.89. The molecule has 12 heteroatoms. The number of methoxy groups -OCH3 is 1. The average molecular weight is 500 g/mol. The van der Waals surface area contributed by atoms with Crippen molar-refractivity contribution in [2.24, 2.45) is 0 Å². The highest BCUT2D eigenvalue weighted by Gasteiger charge is 2.20. The number of ether oxygens (including phenoxy) is 1. The number of ketones is 1. The number of amides is 1. The van der Waals surface area contributed by atoms with Gasteiger partial charge in [0.05, 0.1) is 18.4 Å². The number of carbonyl (C=O) groups is 2. The van der Waals surface area contributed by atoms with Crippen LogP contribution in [0.15, 0.2) is 29.8 Å². The predicted molar refractivity (Wildman–Crippen MR) is 132 cm³/mol. The van der Waals surface area contributed by atoms with E-state index in [4.69, 9.17) is 4.74 Å². The van der Waals surface area contributed by atoms with Crippen molar-refractivity contribution in [2.75, 3.05) is 37.9 Å². The standard InChI is InChI=1S/C23H26FN7O3S/c1-13(32)16-11-25-23(29-21(16)27-18-12-35-30-20(18)24)28-17-5-4-14(10-19(17)34-3)22(33)26-15-6-8-31(2)9-7-15/h4-5,10-12,15H,6-9H2,1-3H3,(H,26,33)(H2,25,27,28,29). The van der Waals surface area contributed by atoms with E-state index in [-0.39, 0.29) is 40.7 Å². The molecule has 1 aliphatic rings. The number of aromatic nitrogens is 3. The van der Waals surface area contributed by atoms with Crippen LogP contribution >= 0.6 is 11.5 Å². The fraction of sp³-hybridized carbons (Fsp3) is 0.348. The Morgan fingerprint density at radius 2 is 1.97 bits per heavy atom.